The molecule has 0 saturated carbocycles. The first kappa shape index (κ1) is 15.1. The number of aromatic hydroxyl groups is 1. The van der Waals surface area contributed by atoms with E-state index >= 15 is 0 Å². The molecule has 0 spiro atoms. The number of hydrogen-bond donors (Lipinski definition) is 3. The predicted octanol–water partition coefficient (Wildman–Crippen LogP) is 3.40. The molecule has 3 aromatic rings. The van der Waals surface area contributed by atoms with Crippen LogP contribution < -0.4 is 5.32 Å². The fourth-order valence-corrected chi connectivity index (χ4v) is 2.69. The maximum Gasteiger partial charge on any atom is 0.268 e. The number of phenols is 1. The third-order valence-corrected chi connectivity index (χ3v) is 3.91. The molecular weight excluding hydrogens is 290 g/mol. The minimum atomic E-state index is -0.308. The number of benzene rings is 1. The summed E-state index contributed by atoms with van der Waals surface area (Å²) in [6.07, 6.45) is 3.35. The summed E-state index contributed by atoms with van der Waals surface area (Å²) in [6.45, 7) is 4.00. The summed E-state index contributed by atoms with van der Waals surface area (Å²) in [7, 11) is 0. The zero-order chi connectivity index (χ0) is 16.4. The molecule has 1 amide bonds. The van der Waals surface area contributed by atoms with Gasteiger partial charge in [0.05, 0.1) is 6.04 Å². The van der Waals surface area contributed by atoms with E-state index in [9.17, 15) is 9.90 Å². The smallest absolute Gasteiger partial charge is 0.268 e. The molecule has 3 N–H and O–H groups in total. The quantitative estimate of drug-likeness (QED) is 0.691. The molecule has 1 atom stereocenters. The second-order valence-electron chi connectivity index (χ2n) is 5.86. The SMILES string of the molecule is CC(C)C(NC(=O)c1ccc[nH]1)c1ccc2cccnc2c1O. The summed E-state index contributed by atoms with van der Waals surface area (Å²) < 4.78 is 0. The van der Waals surface area contributed by atoms with Gasteiger partial charge in [0.25, 0.3) is 5.91 Å². The van der Waals surface area contributed by atoms with Crippen LogP contribution in [0.15, 0.2) is 48.8 Å². The fourth-order valence-electron chi connectivity index (χ4n) is 2.69. The maximum absolute atomic E-state index is 12.3. The van der Waals surface area contributed by atoms with Gasteiger partial charge in [0.15, 0.2) is 0 Å². The summed E-state index contributed by atoms with van der Waals surface area (Å²) in [5.41, 5.74) is 1.71. The highest BCUT2D eigenvalue weighted by Crippen LogP contribution is 2.34. The molecule has 1 unspecified atom stereocenters. The number of pyridine rings is 1. The Morgan fingerprint density at radius 3 is 2.74 bits per heavy atom. The molecule has 5 nitrogen and oxygen atoms in total. The van der Waals surface area contributed by atoms with Crippen LogP contribution in [0.25, 0.3) is 10.9 Å². The van der Waals surface area contributed by atoms with Crippen LogP contribution in [0.1, 0.15) is 35.9 Å². The third kappa shape index (κ3) is 2.90. The molecule has 0 saturated heterocycles. The van der Waals surface area contributed by atoms with Crippen LogP contribution in [-0.4, -0.2) is 21.0 Å². The highest BCUT2D eigenvalue weighted by molar-refractivity contribution is 5.93. The van der Waals surface area contributed by atoms with Crippen molar-refractivity contribution < 1.29 is 9.90 Å². The fraction of sp³-hybridized carbons (Fsp3) is 0.222. The lowest BCUT2D eigenvalue weighted by Gasteiger charge is -2.24. The van der Waals surface area contributed by atoms with Gasteiger partial charge in [-0.3, -0.25) is 9.78 Å². The van der Waals surface area contributed by atoms with Gasteiger partial charge in [-0.15, -0.1) is 0 Å². The van der Waals surface area contributed by atoms with E-state index in [0.29, 0.717) is 16.8 Å². The Kier molecular flexibility index (Phi) is 4.02. The molecule has 0 fully saturated rings. The van der Waals surface area contributed by atoms with Crippen molar-refractivity contribution in [2.75, 3.05) is 0 Å². The van der Waals surface area contributed by atoms with Crippen molar-refractivity contribution in [2.45, 2.75) is 19.9 Å². The van der Waals surface area contributed by atoms with Gasteiger partial charge in [-0.2, -0.15) is 0 Å². The van der Waals surface area contributed by atoms with E-state index in [-0.39, 0.29) is 23.6 Å². The molecule has 0 radical (unpaired) electrons. The first-order chi connectivity index (χ1) is 11.1. The Labute approximate surface area is 134 Å². The van der Waals surface area contributed by atoms with Crippen molar-refractivity contribution in [3.63, 3.8) is 0 Å². The van der Waals surface area contributed by atoms with Gasteiger partial charge in [0.2, 0.25) is 0 Å². The van der Waals surface area contributed by atoms with Gasteiger partial charge in [-0.05, 0) is 24.1 Å². The molecule has 2 heterocycles. The number of H-pyrrole nitrogens is 1. The first-order valence-corrected chi connectivity index (χ1v) is 7.58. The first-order valence-electron chi connectivity index (χ1n) is 7.58. The third-order valence-electron chi connectivity index (χ3n) is 3.91. The van der Waals surface area contributed by atoms with E-state index < -0.39 is 0 Å². The van der Waals surface area contributed by atoms with Crippen LogP contribution in [-0.2, 0) is 0 Å². The average molecular weight is 309 g/mol. The van der Waals surface area contributed by atoms with E-state index in [1.807, 2.05) is 38.1 Å². The largest absolute Gasteiger partial charge is 0.505 e. The van der Waals surface area contributed by atoms with Gasteiger partial charge < -0.3 is 15.4 Å². The van der Waals surface area contributed by atoms with Crippen LogP contribution in [0, 0.1) is 5.92 Å². The molecule has 0 aliphatic heterocycles. The second kappa shape index (κ2) is 6.12. The molecule has 118 valence electrons. The number of nitrogens with one attached hydrogen (secondary N) is 2. The monoisotopic (exact) mass is 309 g/mol. The number of carbonyl (C=O) groups is 1. The van der Waals surface area contributed by atoms with Crippen molar-refractivity contribution in [3.8, 4) is 5.75 Å². The Balaban J connectivity index is 1.98. The van der Waals surface area contributed by atoms with Crippen LogP contribution in [0.4, 0.5) is 0 Å². The topological polar surface area (TPSA) is 78.0 Å². The summed E-state index contributed by atoms with van der Waals surface area (Å²) >= 11 is 0. The van der Waals surface area contributed by atoms with Gasteiger partial charge >= 0.3 is 0 Å². The van der Waals surface area contributed by atoms with Crippen molar-refractivity contribution in [2.24, 2.45) is 5.92 Å². The minimum Gasteiger partial charge on any atom is -0.505 e. The van der Waals surface area contributed by atoms with Crippen LogP contribution in [0.2, 0.25) is 0 Å². The molecule has 2 aromatic heterocycles. The van der Waals surface area contributed by atoms with Gasteiger partial charge in [0.1, 0.15) is 17.0 Å². The number of fused-ring (bicyclic) bond motifs is 1. The predicted molar refractivity (Wildman–Crippen MR) is 89.2 cm³/mol. The number of rotatable bonds is 4. The van der Waals surface area contributed by atoms with E-state index in [1.165, 1.54) is 0 Å². The standard InChI is InChI=1S/C18H19N3O2/c1-11(2)15(21-18(23)14-6-4-9-19-14)13-8-7-12-5-3-10-20-16(12)17(13)22/h3-11,15,19,22H,1-2H3,(H,21,23). The molecule has 3 rings (SSSR count). The molecule has 1 aromatic carbocycles. The Bertz CT molecular complexity index is 825. The summed E-state index contributed by atoms with van der Waals surface area (Å²) in [6, 6.07) is 10.7. The molecule has 0 aliphatic carbocycles. The van der Waals surface area contributed by atoms with E-state index in [4.69, 9.17) is 0 Å². The second-order valence-corrected chi connectivity index (χ2v) is 5.86. The molecule has 23 heavy (non-hydrogen) atoms. The number of amides is 1. The van der Waals surface area contributed by atoms with Gasteiger partial charge in [-0.1, -0.05) is 32.0 Å². The number of phenolic OH excluding ortho intramolecular Hbond substituents is 1. The Morgan fingerprint density at radius 2 is 2.04 bits per heavy atom. The number of aromatic amines is 1. The number of hydrogen-bond acceptors (Lipinski definition) is 3. The number of aromatic nitrogens is 2. The zero-order valence-electron chi connectivity index (χ0n) is 13.1. The van der Waals surface area contributed by atoms with E-state index in [0.717, 1.165) is 5.39 Å². The molecule has 5 heteroatoms. The van der Waals surface area contributed by atoms with Crippen molar-refractivity contribution >= 4 is 16.8 Å². The normalized spacial score (nSPS) is 12.5. The summed E-state index contributed by atoms with van der Waals surface area (Å²) in [5.74, 6) is 0.0313. The van der Waals surface area contributed by atoms with Crippen LogP contribution in [0.3, 0.4) is 0 Å². The lowest BCUT2D eigenvalue weighted by Crippen LogP contribution is -2.32. The van der Waals surface area contributed by atoms with Crippen molar-refractivity contribution in [1.29, 1.82) is 0 Å². The molecule has 0 bridgehead atoms. The molecular formula is C18H19N3O2. The number of carbonyl (C=O) groups excluding carboxylic acids is 1. The average Bonchev–Trinajstić information content (AvgIpc) is 3.08. The zero-order valence-corrected chi connectivity index (χ0v) is 13.1. The van der Waals surface area contributed by atoms with Crippen molar-refractivity contribution in [1.82, 2.24) is 15.3 Å². The Morgan fingerprint density at radius 1 is 1.22 bits per heavy atom. The van der Waals surface area contributed by atoms with Gasteiger partial charge in [-0.25, -0.2) is 0 Å². The van der Waals surface area contributed by atoms with Crippen LogP contribution >= 0.6 is 0 Å². The lowest BCUT2D eigenvalue weighted by molar-refractivity contribution is 0.0920. The van der Waals surface area contributed by atoms with Gasteiger partial charge in [0, 0.05) is 23.3 Å². The maximum atomic E-state index is 12.3. The molecule has 0 aliphatic rings. The minimum absolute atomic E-state index is 0.112. The Hall–Kier alpha value is -2.82. The lowest BCUT2D eigenvalue weighted by atomic mass is 9.94. The summed E-state index contributed by atoms with van der Waals surface area (Å²) in [4.78, 5) is 19.5. The highest BCUT2D eigenvalue weighted by atomic mass is 16.3. The highest BCUT2D eigenvalue weighted by Gasteiger charge is 2.23. The van der Waals surface area contributed by atoms with Crippen molar-refractivity contribution in [3.05, 3.63) is 60.0 Å². The van der Waals surface area contributed by atoms with E-state index in [1.54, 1.807) is 24.5 Å². The number of nitrogens with zero attached hydrogens (tertiary/aromatic N) is 1. The van der Waals surface area contributed by atoms with Crippen LogP contribution in [0.5, 0.6) is 5.75 Å². The van der Waals surface area contributed by atoms with E-state index in [2.05, 4.69) is 15.3 Å². The summed E-state index contributed by atoms with van der Waals surface area (Å²) in [5, 5.41) is 14.4.